The quantitative estimate of drug-likeness (QED) is 0.797. The summed E-state index contributed by atoms with van der Waals surface area (Å²) in [7, 11) is 1.53. The van der Waals surface area contributed by atoms with E-state index in [1.54, 1.807) is 12.1 Å². The Morgan fingerprint density at radius 2 is 2.25 bits per heavy atom. The van der Waals surface area contributed by atoms with Crippen molar-refractivity contribution in [3.05, 3.63) is 34.9 Å². The molecule has 88 valence electrons. The molecular formula is C12H16ClNO2. The van der Waals surface area contributed by atoms with Crippen LogP contribution in [0.2, 0.25) is 5.02 Å². The van der Waals surface area contributed by atoms with Crippen LogP contribution < -0.4 is 10.5 Å². The molecule has 1 rings (SSSR count). The van der Waals surface area contributed by atoms with Crippen LogP contribution in [-0.4, -0.2) is 12.2 Å². The first-order valence-electron chi connectivity index (χ1n) is 4.92. The van der Waals surface area contributed by atoms with Crippen molar-refractivity contribution in [2.24, 2.45) is 5.73 Å². The minimum absolute atomic E-state index is 0.0187. The van der Waals surface area contributed by atoms with Gasteiger partial charge in [0, 0.05) is 6.04 Å². The van der Waals surface area contributed by atoms with Crippen LogP contribution in [-0.2, 0) is 0 Å². The molecule has 0 fully saturated rings. The van der Waals surface area contributed by atoms with Gasteiger partial charge in [-0.1, -0.05) is 17.2 Å². The normalized spacial score (nSPS) is 12.2. The first-order chi connectivity index (χ1) is 7.47. The van der Waals surface area contributed by atoms with Gasteiger partial charge < -0.3 is 15.6 Å². The third-order valence-electron chi connectivity index (χ3n) is 2.29. The minimum atomic E-state index is -0.369. The summed E-state index contributed by atoms with van der Waals surface area (Å²) in [5.41, 5.74) is 7.45. The molecule has 3 N–H and O–H groups in total. The van der Waals surface area contributed by atoms with Gasteiger partial charge in [0.25, 0.3) is 0 Å². The van der Waals surface area contributed by atoms with Crippen LogP contribution in [0.3, 0.4) is 0 Å². The predicted molar refractivity (Wildman–Crippen MR) is 66.0 cm³/mol. The minimum Gasteiger partial charge on any atom is -0.506 e. The molecule has 0 aliphatic carbocycles. The molecule has 16 heavy (non-hydrogen) atoms. The Kier molecular flexibility index (Phi) is 4.21. The summed E-state index contributed by atoms with van der Waals surface area (Å²) in [5, 5.41) is 10.1. The number of phenolic OH excluding ortho intramolecular Hbond substituents is 1. The van der Waals surface area contributed by atoms with E-state index in [4.69, 9.17) is 22.1 Å². The lowest BCUT2D eigenvalue weighted by Gasteiger charge is -2.17. The highest BCUT2D eigenvalue weighted by Gasteiger charge is 2.18. The highest BCUT2D eigenvalue weighted by Crippen LogP contribution is 2.39. The first kappa shape index (κ1) is 12.9. The molecule has 0 unspecified atom stereocenters. The maximum absolute atomic E-state index is 9.87. The number of benzene rings is 1. The monoisotopic (exact) mass is 241 g/mol. The van der Waals surface area contributed by atoms with Crippen molar-refractivity contribution in [3.8, 4) is 11.5 Å². The number of rotatable bonds is 4. The summed E-state index contributed by atoms with van der Waals surface area (Å²) in [5.74, 6) is 0.519. The molecule has 0 aromatic heterocycles. The highest BCUT2D eigenvalue weighted by atomic mass is 35.5. The predicted octanol–water partition coefficient (Wildman–Crippen LogP) is 3.02. The molecule has 4 heteroatoms. The number of phenols is 1. The van der Waals surface area contributed by atoms with Crippen molar-refractivity contribution < 1.29 is 9.84 Å². The third-order valence-corrected chi connectivity index (χ3v) is 2.59. The lowest BCUT2D eigenvalue weighted by molar-refractivity contribution is 0.393. The van der Waals surface area contributed by atoms with Crippen LogP contribution in [0.15, 0.2) is 24.3 Å². The van der Waals surface area contributed by atoms with Gasteiger partial charge >= 0.3 is 0 Å². The van der Waals surface area contributed by atoms with E-state index < -0.39 is 0 Å². The summed E-state index contributed by atoms with van der Waals surface area (Å²) in [6.07, 6.45) is 0.574. The summed E-state index contributed by atoms with van der Waals surface area (Å²) >= 11 is 5.84. The van der Waals surface area contributed by atoms with E-state index in [9.17, 15) is 5.11 Å². The maximum atomic E-state index is 9.87. The molecule has 1 aromatic rings. The molecule has 1 aromatic carbocycles. The van der Waals surface area contributed by atoms with Gasteiger partial charge in [0.15, 0.2) is 0 Å². The average Bonchev–Trinajstić information content (AvgIpc) is 2.20. The van der Waals surface area contributed by atoms with Crippen LogP contribution >= 0.6 is 11.6 Å². The smallest absolute Gasteiger partial charge is 0.142 e. The number of halogens is 1. The molecule has 0 spiro atoms. The molecule has 0 aliphatic heterocycles. The zero-order valence-electron chi connectivity index (χ0n) is 9.46. The Labute approximate surface area is 100 Å². The van der Waals surface area contributed by atoms with Crippen molar-refractivity contribution in [1.82, 2.24) is 0 Å². The van der Waals surface area contributed by atoms with Crippen molar-refractivity contribution in [2.75, 3.05) is 7.11 Å². The molecule has 1 atom stereocenters. The molecule has 0 radical (unpaired) electrons. The molecule has 0 saturated heterocycles. The second kappa shape index (κ2) is 5.23. The SMILES string of the molecule is C=C(C)C[C@H](N)c1c(OC)ccc(Cl)c1O. The molecule has 0 bridgehead atoms. The van der Waals surface area contributed by atoms with Crippen molar-refractivity contribution >= 4 is 11.6 Å². The molecule has 3 nitrogen and oxygen atoms in total. The van der Waals surface area contributed by atoms with Crippen LogP contribution in [0.4, 0.5) is 0 Å². The third kappa shape index (κ3) is 2.68. The van der Waals surface area contributed by atoms with Gasteiger partial charge in [-0.25, -0.2) is 0 Å². The van der Waals surface area contributed by atoms with E-state index in [2.05, 4.69) is 6.58 Å². The van der Waals surface area contributed by atoms with Gasteiger partial charge in [0.05, 0.1) is 17.7 Å². The maximum Gasteiger partial charge on any atom is 0.142 e. The lowest BCUT2D eigenvalue weighted by atomic mass is 9.99. The fourth-order valence-corrected chi connectivity index (χ4v) is 1.74. The summed E-state index contributed by atoms with van der Waals surface area (Å²) in [6.45, 7) is 5.68. The molecule has 0 saturated carbocycles. The number of methoxy groups -OCH3 is 1. The number of hydrogen-bond donors (Lipinski definition) is 2. The van der Waals surface area contributed by atoms with E-state index in [-0.39, 0.29) is 16.8 Å². The second-order valence-electron chi connectivity index (χ2n) is 3.78. The largest absolute Gasteiger partial charge is 0.506 e. The number of nitrogens with two attached hydrogens (primary N) is 1. The van der Waals surface area contributed by atoms with Crippen molar-refractivity contribution in [3.63, 3.8) is 0 Å². The second-order valence-corrected chi connectivity index (χ2v) is 4.19. The van der Waals surface area contributed by atoms with Crippen LogP contribution in [0.1, 0.15) is 24.9 Å². The molecule has 0 aliphatic rings. The molecular weight excluding hydrogens is 226 g/mol. The molecule has 0 amide bonds. The van der Waals surface area contributed by atoms with E-state index in [0.717, 1.165) is 5.57 Å². The average molecular weight is 242 g/mol. The van der Waals surface area contributed by atoms with Gasteiger partial charge in [-0.15, -0.1) is 6.58 Å². The van der Waals surface area contributed by atoms with Gasteiger partial charge in [0.2, 0.25) is 0 Å². The fraction of sp³-hybridized carbons (Fsp3) is 0.333. The summed E-state index contributed by atoms with van der Waals surface area (Å²) in [4.78, 5) is 0. The zero-order chi connectivity index (χ0) is 12.3. The summed E-state index contributed by atoms with van der Waals surface area (Å²) in [6, 6.07) is 2.90. The van der Waals surface area contributed by atoms with Gasteiger partial charge in [-0.2, -0.15) is 0 Å². The van der Waals surface area contributed by atoms with E-state index in [1.807, 2.05) is 6.92 Å². The Morgan fingerprint density at radius 3 is 2.75 bits per heavy atom. The Bertz CT molecular complexity index is 404. The van der Waals surface area contributed by atoms with E-state index in [0.29, 0.717) is 17.7 Å². The first-order valence-corrected chi connectivity index (χ1v) is 5.30. The van der Waals surface area contributed by atoms with E-state index >= 15 is 0 Å². The van der Waals surface area contributed by atoms with Gasteiger partial charge in [-0.05, 0) is 25.5 Å². The fourth-order valence-electron chi connectivity index (χ4n) is 1.58. The molecule has 0 heterocycles. The lowest BCUT2D eigenvalue weighted by Crippen LogP contribution is -2.12. The number of ether oxygens (including phenoxy) is 1. The Hall–Kier alpha value is -1.19. The van der Waals surface area contributed by atoms with Gasteiger partial charge in [-0.3, -0.25) is 0 Å². The van der Waals surface area contributed by atoms with Crippen molar-refractivity contribution in [1.29, 1.82) is 0 Å². The van der Waals surface area contributed by atoms with Gasteiger partial charge in [0.1, 0.15) is 11.5 Å². The Morgan fingerprint density at radius 1 is 1.62 bits per heavy atom. The number of hydrogen-bond acceptors (Lipinski definition) is 3. The van der Waals surface area contributed by atoms with Crippen LogP contribution in [0.5, 0.6) is 11.5 Å². The Balaban J connectivity index is 3.18. The highest BCUT2D eigenvalue weighted by molar-refractivity contribution is 6.32. The standard InChI is InChI=1S/C12H16ClNO2/c1-7(2)6-9(14)11-10(16-3)5-4-8(13)12(11)15/h4-5,9,15H,1,6,14H2,2-3H3/t9-/m0/s1. The van der Waals surface area contributed by atoms with Crippen molar-refractivity contribution in [2.45, 2.75) is 19.4 Å². The topological polar surface area (TPSA) is 55.5 Å². The van der Waals surface area contributed by atoms with Crippen LogP contribution in [0.25, 0.3) is 0 Å². The van der Waals surface area contributed by atoms with Crippen LogP contribution in [0, 0.1) is 0 Å². The van der Waals surface area contributed by atoms with E-state index in [1.165, 1.54) is 7.11 Å². The summed E-state index contributed by atoms with van der Waals surface area (Å²) < 4.78 is 5.16. The zero-order valence-corrected chi connectivity index (χ0v) is 10.2. The number of aromatic hydroxyl groups is 1.